The van der Waals surface area contributed by atoms with Crippen molar-refractivity contribution >= 4 is 56.7 Å². The number of fused-ring (bicyclic) bond motifs is 3. The van der Waals surface area contributed by atoms with E-state index in [-0.39, 0.29) is 17.2 Å². The largest absolute Gasteiger partial charge is 0.325 e. The number of nitrogens with one attached hydrogen (secondary N) is 1. The lowest BCUT2D eigenvalue weighted by atomic mass is 9.89. The number of aromatic nitrogens is 2. The fourth-order valence-corrected chi connectivity index (χ4v) is 6.53. The molecule has 3 aromatic rings. The van der Waals surface area contributed by atoms with E-state index in [1.807, 2.05) is 30.5 Å². The van der Waals surface area contributed by atoms with Crippen LogP contribution >= 0.6 is 34.9 Å². The lowest BCUT2D eigenvalue weighted by Gasteiger charge is -2.17. The van der Waals surface area contributed by atoms with E-state index in [0.717, 1.165) is 40.1 Å². The maximum Gasteiger partial charge on any atom is 0.263 e. The number of nitrogens with zero attached hydrogens (tertiary/aromatic N) is 2. The number of carbonyl (C=O) groups is 1. The highest BCUT2D eigenvalue weighted by molar-refractivity contribution is 7.99. The quantitative estimate of drug-likeness (QED) is 0.291. The van der Waals surface area contributed by atoms with Crippen LogP contribution in [0.25, 0.3) is 10.2 Å². The number of carbonyl (C=O) groups excluding carboxylic acids is 1. The van der Waals surface area contributed by atoms with Crippen LogP contribution in [0.3, 0.4) is 0 Å². The SMILES string of the molecule is C=CCn1c(SCC(=O)Nc2cccc(SC)c2)nc2sc3c(c2c1=O)CCC(C)C3. The van der Waals surface area contributed by atoms with Crippen molar-refractivity contribution in [1.29, 1.82) is 0 Å². The van der Waals surface area contributed by atoms with E-state index < -0.39 is 0 Å². The van der Waals surface area contributed by atoms with E-state index >= 15 is 0 Å². The van der Waals surface area contributed by atoms with Crippen molar-refractivity contribution in [2.75, 3.05) is 17.3 Å². The fraction of sp³-hybridized carbons (Fsp3) is 0.348. The molecular weight excluding hydrogens is 446 g/mol. The number of aryl methyl sites for hydroxylation is 1. The van der Waals surface area contributed by atoms with E-state index in [1.54, 1.807) is 33.7 Å². The molecule has 0 saturated heterocycles. The lowest BCUT2D eigenvalue weighted by molar-refractivity contribution is -0.113. The lowest BCUT2D eigenvalue weighted by Crippen LogP contribution is -2.24. The molecule has 2 heterocycles. The number of amides is 1. The molecule has 0 aliphatic heterocycles. The average molecular weight is 472 g/mol. The van der Waals surface area contributed by atoms with Gasteiger partial charge in [-0.05, 0) is 55.2 Å². The minimum absolute atomic E-state index is 0.0208. The van der Waals surface area contributed by atoms with Crippen molar-refractivity contribution in [2.45, 2.75) is 42.8 Å². The minimum Gasteiger partial charge on any atom is -0.325 e. The van der Waals surface area contributed by atoms with E-state index in [0.29, 0.717) is 17.6 Å². The third-order valence-electron chi connectivity index (χ3n) is 5.38. The van der Waals surface area contributed by atoms with Gasteiger partial charge in [-0.1, -0.05) is 30.8 Å². The minimum atomic E-state index is -0.123. The number of rotatable bonds is 7. The number of hydrogen-bond donors (Lipinski definition) is 1. The average Bonchev–Trinajstić information content (AvgIpc) is 3.12. The molecule has 0 bridgehead atoms. The summed E-state index contributed by atoms with van der Waals surface area (Å²) >= 11 is 4.56. The molecule has 1 aliphatic rings. The summed E-state index contributed by atoms with van der Waals surface area (Å²) in [4.78, 5) is 33.8. The predicted octanol–water partition coefficient (Wildman–Crippen LogP) is 5.22. The van der Waals surface area contributed by atoms with E-state index in [1.165, 1.54) is 22.2 Å². The third kappa shape index (κ3) is 4.76. The van der Waals surface area contributed by atoms with Gasteiger partial charge in [-0.3, -0.25) is 14.2 Å². The highest BCUT2D eigenvalue weighted by atomic mass is 32.2. The molecule has 1 aliphatic carbocycles. The number of hydrogen-bond acceptors (Lipinski definition) is 6. The van der Waals surface area contributed by atoms with Gasteiger partial charge in [0.2, 0.25) is 5.91 Å². The van der Waals surface area contributed by atoms with Crippen LogP contribution in [0.1, 0.15) is 23.8 Å². The van der Waals surface area contributed by atoms with Crippen LogP contribution in [0.4, 0.5) is 5.69 Å². The third-order valence-corrected chi connectivity index (χ3v) is 8.23. The van der Waals surface area contributed by atoms with Crippen molar-refractivity contribution in [3.8, 4) is 0 Å². The van der Waals surface area contributed by atoms with Crippen LogP contribution < -0.4 is 10.9 Å². The molecule has 1 unspecified atom stereocenters. The van der Waals surface area contributed by atoms with Crippen molar-refractivity contribution in [3.63, 3.8) is 0 Å². The maximum absolute atomic E-state index is 13.3. The second-order valence-electron chi connectivity index (χ2n) is 7.70. The molecule has 1 atom stereocenters. The molecule has 1 amide bonds. The summed E-state index contributed by atoms with van der Waals surface area (Å²) in [5.41, 5.74) is 1.92. The summed E-state index contributed by atoms with van der Waals surface area (Å²) in [5, 5.41) is 4.26. The highest BCUT2D eigenvalue weighted by Crippen LogP contribution is 2.36. The van der Waals surface area contributed by atoms with Gasteiger partial charge < -0.3 is 5.32 Å². The van der Waals surface area contributed by atoms with Crippen LogP contribution in [0.2, 0.25) is 0 Å². The number of anilines is 1. The number of thioether (sulfide) groups is 2. The van der Waals surface area contributed by atoms with Crippen molar-refractivity contribution in [2.24, 2.45) is 5.92 Å². The summed E-state index contributed by atoms with van der Waals surface area (Å²) in [5.74, 6) is 0.695. The Morgan fingerprint density at radius 3 is 3.06 bits per heavy atom. The van der Waals surface area contributed by atoms with Crippen molar-refractivity contribution in [3.05, 3.63) is 57.7 Å². The Labute approximate surface area is 194 Å². The van der Waals surface area contributed by atoms with Gasteiger partial charge in [0, 0.05) is 22.0 Å². The summed E-state index contributed by atoms with van der Waals surface area (Å²) < 4.78 is 1.65. The van der Waals surface area contributed by atoms with Gasteiger partial charge in [0.1, 0.15) is 4.83 Å². The summed E-state index contributed by atoms with van der Waals surface area (Å²) in [6.07, 6.45) is 6.76. The Morgan fingerprint density at radius 1 is 1.45 bits per heavy atom. The predicted molar refractivity (Wildman–Crippen MR) is 133 cm³/mol. The molecule has 0 saturated carbocycles. The molecule has 1 N–H and O–H groups in total. The second kappa shape index (κ2) is 9.63. The zero-order chi connectivity index (χ0) is 22.0. The normalized spacial score (nSPS) is 15.6. The maximum atomic E-state index is 13.3. The first-order chi connectivity index (χ1) is 15.0. The summed E-state index contributed by atoms with van der Waals surface area (Å²) in [6, 6.07) is 7.74. The summed E-state index contributed by atoms with van der Waals surface area (Å²) in [6.45, 7) is 6.43. The number of allylic oxidation sites excluding steroid dienone is 1. The van der Waals surface area contributed by atoms with Crippen LogP contribution in [-0.4, -0.2) is 27.5 Å². The molecule has 2 aromatic heterocycles. The van der Waals surface area contributed by atoms with Gasteiger partial charge in [0.15, 0.2) is 5.16 Å². The first-order valence-corrected chi connectivity index (χ1v) is 13.3. The van der Waals surface area contributed by atoms with Gasteiger partial charge in [-0.25, -0.2) is 4.98 Å². The van der Waals surface area contributed by atoms with Crippen LogP contribution in [-0.2, 0) is 24.2 Å². The molecule has 0 spiro atoms. The van der Waals surface area contributed by atoms with Gasteiger partial charge in [-0.2, -0.15) is 0 Å². The zero-order valence-corrected chi connectivity index (χ0v) is 20.1. The molecule has 0 radical (unpaired) electrons. The highest BCUT2D eigenvalue weighted by Gasteiger charge is 2.24. The Morgan fingerprint density at radius 2 is 2.29 bits per heavy atom. The Hall–Kier alpha value is -2.03. The van der Waals surface area contributed by atoms with Crippen LogP contribution in [0.5, 0.6) is 0 Å². The van der Waals surface area contributed by atoms with Gasteiger partial charge >= 0.3 is 0 Å². The van der Waals surface area contributed by atoms with Crippen molar-refractivity contribution < 1.29 is 4.79 Å². The van der Waals surface area contributed by atoms with E-state index in [4.69, 9.17) is 4.98 Å². The number of benzene rings is 1. The number of thiophene rings is 1. The topological polar surface area (TPSA) is 64.0 Å². The smallest absolute Gasteiger partial charge is 0.263 e. The zero-order valence-electron chi connectivity index (χ0n) is 17.6. The molecule has 8 heteroatoms. The second-order valence-corrected chi connectivity index (χ2v) is 10.6. The molecule has 162 valence electrons. The standard InChI is InChI=1S/C23H25N3O2S3/c1-4-10-26-22(28)20-17-9-8-14(2)11-18(17)31-21(20)25-23(26)30-13-19(27)24-15-6-5-7-16(12-15)29-3/h4-7,12,14H,1,8-11,13H2,2-3H3,(H,24,27). The Kier molecular flexibility index (Phi) is 6.89. The first-order valence-electron chi connectivity index (χ1n) is 10.2. The van der Waals surface area contributed by atoms with Crippen molar-refractivity contribution in [1.82, 2.24) is 9.55 Å². The van der Waals surface area contributed by atoms with Crippen LogP contribution in [0, 0.1) is 5.92 Å². The first kappa shape index (κ1) is 22.2. The molecular formula is C23H25N3O2S3. The van der Waals surface area contributed by atoms with Gasteiger partial charge in [0.05, 0.1) is 11.1 Å². The summed E-state index contributed by atoms with van der Waals surface area (Å²) in [7, 11) is 0. The molecule has 31 heavy (non-hydrogen) atoms. The van der Waals surface area contributed by atoms with Crippen LogP contribution in [0.15, 0.2) is 51.8 Å². The molecule has 5 nitrogen and oxygen atoms in total. The Balaban J connectivity index is 1.59. The van der Waals surface area contributed by atoms with E-state index in [2.05, 4.69) is 18.8 Å². The fourth-order valence-electron chi connectivity index (χ4n) is 3.83. The van der Waals surface area contributed by atoms with E-state index in [9.17, 15) is 9.59 Å². The molecule has 4 rings (SSSR count). The molecule has 1 aromatic carbocycles. The Bertz CT molecular complexity index is 1200. The monoisotopic (exact) mass is 471 g/mol. The van der Waals surface area contributed by atoms with Gasteiger partial charge in [-0.15, -0.1) is 29.7 Å². The molecule has 0 fully saturated rings. The van der Waals surface area contributed by atoms with Gasteiger partial charge in [0.25, 0.3) is 5.56 Å².